The van der Waals surface area contributed by atoms with Crippen LogP contribution in [-0.4, -0.2) is 87.5 Å². The van der Waals surface area contributed by atoms with E-state index in [0.717, 1.165) is 64.2 Å². The first-order chi connectivity index (χ1) is 27.3. The molecule has 1 amide bonds. The predicted octanol–water partition coefficient (Wildman–Crippen LogP) is 9.89. The molecule has 0 saturated carbocycles. The number of carbonyl (C=O) groups is 1. The summed E-state index contributed by atoms with van der Waals surface area (Å²) < 4.78 is 11.2. The highest BCUT2D eigenvalue weighted by atomic mass is 16.7. The molecule has 1 fully saturated rings. The lowest BCUT2D eigenvalue weighted by molar-refractivity contribution is -0.302. The Hall–Kier alpha value is -1.33. The number of hydrogen-bond donors (Lipinski definition) is 6. The number of nitrogens with one attached hydrogen (secondary N) is 1. The van der Waals surface area contributed by atoms with E-state index in [1.807, 2.05) is 6.08 Å². The zero-order valence-corrected chi connectivity index (χ0v) is 36.1. The molecule has 1 heterocycles. The normalized spacial score (nSPS) is 21.3. The quantitative estimate of drug-likeness (QED) is 0.0266. The smallest absolute Gasteiger partial charge is 0.220 e. The zero-order valence-electron chi connectivity index (χ0n) is 36.1. The Morgan fingerprint density at radius 1 is 0.589 bits per heavy atom. The van der Waals surface area contributed by atoms with Gasteiger partial charge in [0.15, 0.2) is 6.29 Å². The van der Waals surface area contributed by atoms with Gasteiger partial charge in [0, 0.05) is 6.42 Å². The van der Waals surface area contributed by atoms with Crippen molar-refractivity contribution in [3.05, 3.63) is 24.3 Å². The number of carbonyl (C=O) groups excluding carboxylic acids is 1. The number of ether oxygens (including phenoxy) is 2. The van der Waals surface area contributed by atoms with Gasteiger partial charge in [-0.1, -0.05) is 192 Å². The fourth-order valence-corrected chi connectivity index (χ4v) is 7.45. The van der Waals surface area contributed by atoms with Crippen LogP contribution in [0.3, 0.4) is 0 Å². The molecule has 0 aliphatic carbocycles. The van der Waals surface area contributed by atoms with Crippen LogP contribution in [0.15, 0.2) is 24.3 Å². The molecule has 6 N–H and O–H groups in total. The Morgan fingerprint density at radius 2 is 1.04 bits per heavy atom. The number of aliphatic hydroxyl groups is 5. The molecule has 330 valence electrons. The van der Waals surface area contributed by atoms with Crippen LogP contribution in [0.2, 0.25) is 0 Å². The van der Waals surface area contributed by atoms with Gasteiger partial charge in [0.2, 0.25) is 5.91 Å². The van der Waals surface area contributed by atoms with Crippen LogP contribution >= 0.6 is 0 Å². The van der Waals surface area contributed by atoms with Crippen molar-refractivity contribution in [1.82, 2.24) is 5.32 Å². The molecule has 9 nitrogen and oxygen atoms in total. The third-order valence-corrected chi connectivity index (χ3v) is 11.3. The molecule has 1 rings (SSSR count). The average Bonchev–Trinajstić information content (AvgIpc) is 3.20. The predicted molar refractivity (Wildman–Crippen MR) is 230 cm³/mol. The van der Waals surface area contributed by atoms with Crippen molar-refractivity contribution in [2.75, 3.05) is 13.2 Å². The summed E-state index contributed by atoms with van der Waals surface area (Å²) in [6, 6.07) is -0.805. The maximum Gasteiger partial charge on any atom is 0.220 e. The Bertz CT molecular complexity index is 930. The molecule has 0 spiro atoms. The summed E-state index contributed by atoms with van der Waals surface area (Å²) in [5.41, 5.74) is 0. The maximum absolute atomic E-state index is 12.9. The van der Waals surface area contributed by atoms with Crippen LogP contribution in [0.4, 0.5) is 0 Å². The van der Waals surface area contributed by atoms with Crippen molar-refractivity contribution in [2.45, 2.75) is 256 Å². The van der Waals surface area contributed by atoms with Crippen molar-refractivity contribution >= 4 is 5.91 Å². The molecule has 0 radical (unpaired) electrons. The fraction of sp³-hybridized carbons (Fsp3) is 0.894. The van der Waals surface area contributed by atoms with E-state index >= 15 is 0 Å². The second-order valence-electron chi connectivity index (χ2n) is 16.5. The van der Waals surface area contributed by atoms with Crippen molar-refractivity contribution < 1.29 is 39.8 Å². The van der Waals surface area contributed by atoms with Crippen LogP contribution in [0, 0.1) is 0 Å². The average molecular weight is 796 g/mol. The molecule has 1 saturated heterocycles. The third-order valence-electron chi connectivity index (χ3n) is 11.3. The van der Waals surface area contributed by atoms with Gasteiger partial charge in [-0.15, -0.1) is 0 Å². The Morgan fingerprint density at radius 3 is 1.52 bits per heavy atom. The van der Waals surface area contributed by atoms with E-state index in [1.165, 1.54) is 128 Å². The second kappa shape index (κ2) is 37.9. The molecule has 1 aliphatic heterocycles. The van der Waals surface area contributed by atoms with Crippen molar-refractivity contribution in [2.24, 2.45) is 0 Å². The number of aliphatic hydroxyl groups excluding tert-OH is 5. The molecule has 7 atom stereocenters. The summed E-state index contributed by atoms with van der Waals surface area (Å²) in [4.78, 5) is 12.9. The summed E-state index contributed by atoms with van der Waals surface area (Å²) in [5, 5.41) is 54.1. The highest BCUT2D eigenvalue weighted by molar-refractivity contribution is 5.76. The van der Waals surface area contributed by atoms with Gasteiger partial charge in [-0.25, -0.2) is 0 Å². The summed E-state index contributed by atoms with van der Waals surface area (Å²) >= 11 is 0. The van der Waals surface area contributed by atoms with E-state index in [9.17, 15) is 30.3 Å². The first-order valence-electron chi connectivity index (χ1n) is 23.6. The van der Waals surface area contributed by atoms with Crippen LogP contribution < -0.4 is 5.32 Å². The lowest BCUT2D eigenvalue weighted by Gasteiger charge is -2.40. The van der Waals surface area contributed by atoms with Crippen LogP contribution in [0.5, 0.6) is 0 Å². The third kappa shape index (κ3) is 28.2. The van der Waals surface area contributed by atoms with Crippen LogP contribution in [0.25, 0.3) is 0 Å². The van der Waals surface area contributed by atoms with Gasteiger partial charge in [0.25, 0.3) is 0 Å². The van der Waals surface area contributed by atoms with Crippen molar-refractivity contribution in [1.29, 1.82) is 0 Å². The summed E-state index contributed by atoms with van der Waals surface area (Å²) in [7, 11) is 0. The standard InChI is InChI=1S/C47H89NO8/c1-3-5-7-9-11-13-15-16-17-18-19-20-21-22-23-24-25-26-27-28-30-32-34-36-41(50)40(39-55-47-46(54)45(53)44(52)42(38-49)56-47)48-43(51)37-35-33-31-29-14-12-10-8-6-4-2/h8,10,34,36,40-42,44-47,49-50,52-54H,3-7,9,11-33,35,37-39H2,1-2H3,(H,48,51)/b10-8-,36-34+. The molecular formula is C47H89NO8. The maximum atomic E-state index is 12.9. The largest absolute Gasteiger partial charge is 0.394 e. The first-order valence-corrected chi connectivity index (χ1v) is 23.6. The van der Waals surface area contributed by atoms with Gasteiger partial charge < -0.3 is 40.3 Å². The van der Waals surface area contributed by atoms with Gasteiger partial charge in [-0.05, 0) is 38.5 Å². The SMILES string of the molecule is CCC/C=C\CCCCCCCC(=O)NC(COC1OC(CO)C(O)C(O)C1O)C(O)/C=C/CCCCCCCCCCCCCCCCCCCCCCC. The molecule has 1 aliphatic rings. The van der Waals surface area contributed by atoms with E-state index in [4.69, 9.17) is 9.47 Å². The van der Waals surface area contributed by atoms with E-state index in [1.54, 1.807) is 6.08 Å². The monoisotopic (exact) mass is 796 g/mol. The lowest BCUT2D eigenvalue weighted by Crippen LogP contribution is -2.60. The zero-order chi connectivity index (χ0) is 40.9. The van der Waals surface area contributed by atoms with Crippen molar-refractivity contribution in [3.63, 3.8) is 0 Å². The summed E-state index contributed by atoms with van der Waals surface area (Å²) in [6.45, 7) is 3.71. The van der Waals surface area contributed by atoms with Crippen LogP contribution in [0.1, 0.15) is 213 Å². The van der Waals surface area contributed by atoms with Gasteiger partial charge >= 0.3 is 0 Å². The van der Waals surface area contributed by atoms with Gasteiger partial charge in [0.05, 0.1) is 25.4 Å². The molecule has 0 aromatic heterocycles. The minimum Gasteiger partial charge on any atom is -0.394 e. The Labute approximate surface area is 343 Å². The van der Waals surface area contributed by atoms with Gasteiger partial charge in [-0.3, -0.25) is 4.79 Å². The topological polar surface area (TPSA) is 149 Å². The van der Waals surface area contributed by atoms with Gasteiger partial charge in [-0.2, -0.15) is 0 Å². The van der Waals surface area contributed by atoms with E-state index in [-0.39, 0.29) is 12.5 Å². The molecular weight excluding hydrogens is 707 g/mol. The number of rotatable bonds is 39. The minimum atomic E-state index is -1.56. The molecule has 7 unspecified atom stereocenters. The summed E-state index contributed by atoms with van der Waals surface area (Å²) in [5.74, 6) is -0.188. The minimum absolute atomic E-state index is 0.188. The Balaban J connectivity index is 2.27. The highest BCUT2D eigenvalue weighted by Gasteiger charge is 2.44. The molecule has 0 aromatic rings. The number of hydrogen-bond acceptors (Lipinski definition) is 8. The molecule has 9 heteroatoms. The van der Waals surface area contributed by atoms with Crippen LogP contribution in [-0.2, 0) is 14.3 Å². The summed E-state index contributed by atoms with van der Waals surface area (Å²) in [6.07, 6.45) is 38.1. The number of amides is 1. The number of allylic oxidation sites excluding steroid dienone is 3. The van der Waals surface area contributed by atoms with Gasteiger partial charge in [0.1, 0.15) is 24.4 Å². The highest BCUT2D eigenvalue weighted by Crippen LogP contribution is 2.23. The second-order valence-corrected chi connectivity index (χ2v) is 16.5. The molecule has 0 aromatic carbocycles. The first kappa shape index (κ1) is 52.7. The molecule has 56 heavy (non-hydrogen) atoms. The van der Waals surface area contributed by atoms with E-state index in [0.29, 0.717) is 6.42 Å². The van der Waals surface area contributed by atoms with E-state index < -0.39 is 49.5 Å². The Kier molecular flexibility index (Phi) is 35.7. The fourth-order valence-electron chi connectivity index (χ4n) is 7.45. The molecule has 0 bridgehead atoms. The van der Waals surface area contributed by atoms with E-state index in [2.05, 4.69) is 31.3 Å². The lowest BCUT2D eigenvalue weighted by atomic mass is 9.99. The van der Waals surface area contributed by atoms with Crippen molar-refractivity contribution in [3.8, 4) is 0 Å². The number of unbranched alkanes of at least 4 members (excludes halogenated alkanes) is 27.